The van der Waals surface area contributed by atoms with Crippen LogP contribution in [0.2, 0.25) is 5.02 Å². The summed E-state index contributed by atoms with van der Waals surface area (Å²) in [5.41, 5.74) is -0.879. The molecule has 0 aromatic heterocycles. The van der Waals surface area contributed by atoms with Crippen molar-refractivity contribution in [2.75, 3.05) is 0 Å². The van der Waals surface area contributed by atoms with Crippen LogP contribution < -0.4 is 0 Å². The molecular weight excluding hydrogens is 263 g/mol. The number of hydrogen-bond acceptors (Lipinski definition) is 1. The number of benzene rings is 2. The first-order chi connectivity index (χ1) is 8.52. The highest BCUT2D eigenvalue weighted by Gasteiger charge is 2.17. The first-order valence-corrected chi connectivity index (χ1v) is 5.17. The highest BCUT2D eigenvalue weighted by molar-refractivity contribution is 6.33. The summed E-state index contributed by atoms with van der Waals surface area (Å²) < 4.78 is 40.4. The van der Waals surface area contributed by atoms with Crippen molar-refractivity contribution in [3.05, 3.63) is 58.4 Å². The molecule has 0 unspecified atom stereocenters. The quantitative estimate of drug-likeness (QED) is 0.762. The highest BCUT2D eigenvalue weighted by atomic mass is 35.5. The van der Waals surface area contributed by atoms with Crippen LogP contribution in [0.5, 0.6) is 0 Å². The van der Waals surface area contributed by atoms with Crippen molar-refractivity contribution in [2.45, 2.75) is 0 Å². The Morgan fingerprint density at radius 2 is 1.72 bits per heavy atom. The van der Waals surface area contributed by atoms with Gasteiger partial charge in [-0.1, -0.05) is 11.6 Å². The smallest absolute Gasteiger partial charge is 0.135 e. The molecular formula is C13H4ClF3N. The lowest BCUT2D eigenvalue weighted by atomic mass is 10.0. The van der Waals surface area contributed by atoms with E-state index in [-0.39, 0.29) is 16.1 Å². The SMILES string of the molecule is N#Cc1cc(F)c(-c2[c]c(F)ccc2Cl)c(F)c1. The summed E-state index contributed by atoms with van der Waals surface area (Å²) >= 11 is 5.75. The summed E-state index contributed by atoms with van der Waals surface area (Å²) in [7, 11) is 0. The van der Waals surface area contributed by atoms with Crippen molar-refractivity contribution >= 4 is 11.6 Å². The van der Waals surface area contributed by atoms with Gasteiger partial charge in [-0.05, 0) is 24.3 Å². The van der Waals surface area contributed by atoms with Crippen LogP contribution in [0, 0.1) is 34.8 Å². The van der Waals surface area contributed by atoms with Gasteiger partial charge in [-0.15, -0.1) is 0 Å². The third kappa shape index (κ3) is 2.18. The van der Waals surface area contributed by atoms with Crippen LogP contribution in [-0.4, -0.2) is 0 Å². The minimum atomic E-state index is -0.990. The summed E-state index contributed by atoms with van der Waals surface area (Å²) in [6.07, 6.45) is 0. The predicted octanol–water partition coefficient (Wildman–Crippen LogP) is 4.10. The fourth-order valence-corrected chi connectivity index (χ4v) is 1.71. The number of rotatable bonds is 1. The molecule has 0 aliphatic heterocycles. The van der Waals surface area contributed by atoms with Gasteiger partial charge in [-0.25, -0.2) is 13.2 Å². The van der Waals surface area contributed by atoms with Gasteiger partial charge >= 0.3 is 0 Å². The molecule has 0 atom stereocenters. The summed E-state index contributed by atoms with van der Waals surface area (Å²) in [6.45, 7) is 0. The second-order valence-electron chi connectivity index (χ2n) is 3.46. The molecule has 0 heterocycles. The lowest BCUT2D eigenvalue weighted by Gasteiger charge is -2.07. The van der Waals surface area contributed by atoms with E-state index in [1.165, 1.54) is 6.07 Å². The third-order valence-corrected chi connectivity index (χ3v) is 2.60. The molecule has 2 rings (SSSR count). The minimum Gasteiger partial charge on any atom is -0.206 e. The maximum absolute atomic E-state index is 13.7. The number of halogens is 4. The van der Waals surface area contributed by atoms with Gasteiger partial charge in [-0.3, -0.25) is 0 Å². The van der Waals surface area contributed by atoms with Crippen LogP contribution >= 0.6 is 11.6 Å². The molecule has 0 aliphatic carbocycles. The highest BCUT2D eigenvalue weighted by Crippen LogP contribution is 2.32. The zero-order valence-electron chi connectivity index (χ0n) is 8.77. The van der Waals surface area contributed by atoms with E-state index < -0.39 is 23.0 Å². The Hall–Kier alpha value is -1.99. The van der Waals surface area contributed by atoms with Gasteiger partial charge in [-0.2, -0.15) is 5.26 Å². The lowest BCUT2D eigenvalue weighted by molar-refractivity contribution is 0.587. The molecule has 1 radical (unpaired) electrons. The van der Waals surface area contributed by atoms with E-state index in [0.29, 0.717) is 0 Å². The van der Waals surface area contributed by atoms with Crippen molar-refractivity contribution in [1.29, 1.82) is 5.26 Å². The van der Waals surface area contributed by atoms with E-state index in [9.17, 15) is 13.2 Å². The largest absolute Gasteiger partial charge is 0.206 e. The molecule has 0 aliphatic rings. The molecule has 5 heteroatoms. The van der Waals surface area contributed by atoms with Crippen molar-refractivity contribution in [1.82, 2.24) is 0 Å². The molecule has 2 aromatic rings. The van der Waals surface area contributed by atoms with Crippen molar-refractivity contribution in [3.8, 4) is 17.2 Å². The van der Waals surface area contributed by atoms with E-state index >= 15 is 0 Å². The molecule has 0 spiro atoms. The molecule has 0 bridgehead atoms. The number of nitriles is 1. The van der Waals surface area contributed by atoms with Crippen LogP contribution in [0.4, 0.5) is 13.2 Å². The molecule has 0 saturated heterocycles. The van der Waals surface area contributed by atoms with Gasteiger partial charge in [0, 0.05) is 16.7 Å². The lowest BCUT2D eigenvalue weighted by Crippen LogP contribution is -1.94. The number of hydrogen-bond donors (Lipinski definition) is 0. The van der Waals surface area contributed by atoms with Crippen molar-refractivity contribution in [2.24, 2.45) is 0 Å². The van der Waals surface area contributed by atoms with Crippen molar-refractivity contribution < 1.29 is 13.2 Å². The van der Waals surface area contributed by atoms with E-state index in [1.807, 2.05) is 0 Å². The van der Waals surface area contributed by atoms with E-state index in [4.69, 9.17) is 16.9 Å². The van der Waals surface area contributed by atoms with Crippen LogP contribution in [0.15, 0.2) is 24.3 Å². The fourth-order valence-electron chi connectivity index (χ4n) is 1.51. The van der Waals surface area contributed by atoms with E-state index in [2.05, 4.69) is 6.07 Å². The maximum atomic E-state index is 13.7. The standard InChI is InChI=1S/C13H4ClF3N/c14-10-2-1-8(15)5-9(10)13-11(16)3-7(6-18)4-12(13)17/h1-4H. The van der Waals surface area contributed by atoms with Crippen LogP contribution in [-0.2, 0) is 0 Å². The third-order valence-electron chi connectivity index (χ3n) is 2.28. The zero-order chi connectivity index (χ0) is 13.3. The maximum Gasteiger partial charge on any atom is 0.135 e. The van der Waals surface area contributed by atoms with Gasteiger partial charge < -0.3 is 0 Å². The van der Waals surface area contributed by atoms with Gasteiger partial charge in [0.15, 0.2) is 0 Å². The van der Waals surface area contributed by atoms with Crippen molar-refractivity contribution in [3.63, 3.8) is 0 Å². The summed E-state index contributed by atoms with van der Waals surface area (Å²) in [5, 5.41) is 8.54. The Bertz CT molecular complexity index is 639. The molecule has 0 amide bonds. The molecule has 2 aromatic carbocycles. The van der Waals surface area contributed by atoms with Crippen LogP contribution in [0.1, 0.15) is 5.56 Å². The summed E-state index contributed by atoms with van der Waals surface area (Å²) in [6, 6.07) is 7.69. The zero-order valence-corrected chi connectivity index (χ0v) is 9.52. The number of nitrogens with zero attached hydrogens (tertiary/aromatic N) is 1. The average Bonchev–Trinajstić information content (AvgIpc) is 2.32. The van der Waals surface area contributed by atoms with Gasteiger partial charge in [0.1, 0.15) is 17.5 Å². The summed E-state index contributed by atoms with van der Waals surface area (Å²) in [5.74, 6) is -2.76. The molecule has 89 valence electrons. The Balaban J connectivity index is 2.72. The van der Waals surface area contributed by atoms with E-state index in [0.717, 1.165) is 18.2 Å². The topological polar surface area (TPSA) is 23.8 Å². The Morgan fingerprint density at radius 3 is 2.28 bits per heavy atom. The normalized spacial score (nSPS) is 10.2. The summed E-state index contributed by atoms with van der Waals surface area (Å²) in [4.78, 5) is 0. The minimum absolute atomic E-state index is 0.0288. The van der Waals surface area contributed by atoms with Gasteiger partial charge in [0.05, 0.1) is 17.2 Å². The Kier molecular flexibility index (Phi) is 3.26. The fraction of sp³-hybridized carbons (Fsp3) is 0. The first-order valence-electron chi connectivity index (χ1n) is 4.79. The van der Waals surface area contributed by atoms with Crippen LogP contribution in [0.3, 0.4) is 0 Å². The van der Waals surface area contributed by atoms with E-state index in [1.54, 1.807) is 6.07 Å². The molecule has 0 saturated carbocycles. The molecule has 1 nitrogen and oxygen atoms in total. The predicted molar refractivity (Wildman–Crippen MR) is 60.3 cm³/mol. The van der Waals surface area contributed by atoms with Gasteiger partial charge in [0.25, 0.3) is 0 Å². The van der Waals surface area contributed by atoms with Crippen LogP contribution in [0.25, 0.3) is 11.1 Å². The average molecular weight is 267 g/mol. The Morgan fingerprint density at radius 1 is 1.11 bits per heavy atom. The molecule has 18 heavy (non-hydrogen) atoms. The second kappa shape index (κ2) is 4.71. The first kappa shape index (κ1) is 12.5. The molecule has 0 fully saturated rings. The second-order valence-corrected chi connectivity index (χ2v) is 3.86. The Labute approximate surface area is 106 Å². The molecule has 0 N–H and O–H groups in total. The monoisotopic (exact) mass is 266 g/mol. The van der Waals surface area contributed by atoms with Gasteiger partial charge in [0.2, 0.25) is 0 Å².